The van der Waals surface area contributed by atoms with Gasteiger partial charge >= 0.3 is 0 Å². The van der Waals surface area contributed by atoms with Crippen molar-refractivity contribution in [2.75, 3.05) is 92.4 Å². The molecule has 0 saturated carbocycles. The number of fused-ring (bicyclic) bond motifs is 18. The van der Waals surface area contributed by atoms with Gasteiger partial charge in [0.15, 0.2) is 0 Å². The number of aromatic nitrogens is 1. The Morgan fingerprint density at radius 3 is 1.23 bits per heavy atom. The fraction of sp³-hybridized carbons (Fsp3) is 0.442. The van der Waals surface area contributed by atoms with Crippen molar-refractivity contribution in [1.82, 2.24) is 9.88 Å². The summed E-state index contributed by atoms with van der Waals surface area (Å²) in [4.78, 5) is 6.85. The van der Waals surface area contributed by atoms with E-state index in [9.17, 15) is 0 Å². The van der Waals surface area contributed by atoms with E-state index in [4.69, 9.17) is 37.9 Å². The Bertz CT molecular complexity index is 1900. The Kier molecular flexibility index (Phi) is 17.9. The zero-order valence-corrected chi connectivity index (χ0v) is 36.7. The maximum atomic E-state index is 6.76. The molecule has 0 spiro atoms. The van der Waals surface area contributed by atoms with Crippen LogP contribution in [0.2, 0.25) is 0 Å². The maximum absolute atomic E-state index is 6.76. The smallest absolute Gasteiger partial charge is 0.126 e. The van der Waals surface area contributed by atoms with Crippen LogP contribution in [0.3, 0.4) is 0 Å². The first kappa shape index (κ1) is 45.1. The molecule has 0 amide bonds. The Hall–Kier alpha value is -4.97. The molecule has 10 nitrogen and oxygen atoms in total. The normalized spacial score (nSPS) is 16.4. The molecule has 3 aliphatic rings. The van der Waals surface area contributed by atoms with E-state index in [-0.39, 0.29) is 0 Å². The van der Waals surface area contributed by atoms with Crippen molar-refractivity contribution in [2.24, 2.45) is 0 Å². The van der Waals surface area contributed by atoms with Crippen molar-refractivity contribution in [2.45, 2.75) is 58.9 Å². The number of pyridine rings is 1. The highest BCUT2D eigenvalue weighted by Crippen LogP contribution is 2.39. The summed E-state index contributed by atoms with van der Waals surface area (Å²) in [5.74, 6) is 3.61. The van der Waals surface area contributed by atoms with Gasteiger partial charge in [0.25, 0.3) is 0 Å². The first-order chi connectivity index (χ1) is 30.7. The van der Waals surface area contributed by atoms with E-state index in [1.165, 1.54) is 0 Å². The van der Waals surface area contributed by atoms with Crippen molar-refractivity contribution in [3.05, 3.63) is 147 Å². The predicted octanol–water partition coefficient (Wildman–Crippen LogP) is 8.68. The molecule has 3 heterocycles. The largest absolute Gasteiger partial charge is 0.493 e. The minimum atomic E-state index is 0.406. The molecule has 5 aromatic rings. The van der Waals surface area contributed by atoms with Gasteiger partial charge in [0.05, 0.1) is 71.8 Å². The SMILES string of the molecule is CCCOc1c2cccc1Cc1cccc3c1OCCOCCOCCN(Cc1ccccn1)CCOCCOCCOc1c(cccc1Cc1cccc(c1OCCC)C3)C2. The van der Waals surface area contributed by atoms with E-state index in [1.807, 2.05) is 18.3 Å². The molecule has 0 unspecified atom stereocenters. The van der Waals surface area contributed by atoms with Crippen LogP contribution in [0.1, 0.15) is 76.9 Å². The number of para-hydroxylation sites is 4. The predicted molar refractivity (Wildman–Crippen MR) is 242 cm³/mol. The fourth-order valence-electron chi connectivity index (χ4n) is 8.06. The van der Waals surface area contributed by atoms with Gasteiger partial charge in [-0.05, 0) is 69.5 Å². The lowest BCUT2D eigenvalue weighted by molar-refractivity contribution is 0.0154. The Balaban J connectivity index is 1.22. The number of hydrogen-bond donors (Lipinski definition) is 0. The Morgan fingerprint density at radius 2 is 0.839 bits per heavy atom. The zero-order valence-electron chi connectivity index (χ0n) is 36.7. The number of rotatable bonds is 8. The van der Waals surface area contributed by atoms with E-state index < -0.39 is 0 Å². The number of ether oxygens (including phenoxy) is 8. The van der Waals surface area contributed by atoms with Gasteiger partial charge in [-0.15, -0.1) is 0 Å². The van der Waals surface area contributed by atoms with Crippen molar-refractivity contribution < 1.29 is 37.9 Å². The highest BCUT2D eigenvalue weighted by atomic mass is 16.6. The van der Waals surface area contributed by atoms with Crippen LogP contribution >= 0.6 is 0 Å². The lowest BCUT2D eigenvalue weighted by Crippen LogP contribution is -2.31. The van der Waals surface area contributed by atoms with Crippen LogP contribution in [0.4, 0.5) is 0 Å². The molecular formula is C52H64N2O8. The molecule has 0 atom stereocenters. The molecule has 330 valence electrons. The van der Waals surface area contributed by atoms with Gasteiger partial charge in [0.1, 0.15) is 36.2 Å². The molecule has 10 bridgehead atoms. The molecule has 10 heteroatoms. The molecule has 62 heavy (non-hydrogen) atoms. The third-order valence-corrected chi connectivity index (χ3v) is 11.0. The van der Waals surface area contributed by atoms with Crippen LogP contribution in [-0.2, 0) is 51.2 Å². The maximum Gasteiger partial charge on any atom is 0.126 e. The summed E-state index contributed by atoms with van der Waals surface area (Å²) in [6, 6.07) is 32.0. The quantitative estimate of drug-likeness (QED) is 0.139. The topological polar surface area (TPSA) is 90.0 Å². The zero-order chi connectivity index (χ0) is 42.6. The third-order valence-electron chi connectivity index (χ3n) is 11.0. The highest BCUT2D eigenvalue weighted by molar-refractivity contribution is 5.56. The summed E-state index contributed by atoms with van der Waals surface area (Å²) in [6.07, 6.45) is 6.22. The summed E-state index contributed by atoms with van der Waals surface area (Å²) >= 11 is 0. The number of hydrogen-bond acceptors (Lipinski definition) is 10. The molecule has 4 aromatic carbocycles. The van der Waals surface area contributed by atoms with Crippen molar-refractivity contribution >= 4 is 0 Å². The van der Waals surface area contributed by atoms with Crippen molar-refractivity contribution in [3.63, 3.8) is 0 Å². The molecule has 0 fully saturated rings. The number of nitrogens with zero attached hydrogens (tertiary/aromatic N) is 2. The van der Waals surface area contributed by atoms with Crippen LogP contribution in [0.15, 0.2) is 97.2 Å². The fourth-order valence-corrected chi connectivity index (χ4v) is 8.06. The minimum absolute atomic E-state index is 0.406. The van der Waals surface area contributed by atoms with Crippen LogP contribution in [-0.4, -0.2) is 102 Å². The van der Waals surface area contributed by atoms with Crippen LogP contribution in [0.5, 0.6) is 23.0 Å². The summed E-state index contributed by atoms with van der Waals surface area (Å²) in [7, 11) is 0. The summed E-state index contributed by atoms with van der Waals surface area (Å²) in [5, 5.41) is 0. The van der Waals surface area contributed by atoms with Crippen molar-refractivity contribution in [1.29, 1.82) is 0 Å². The first-order valence-electron chi connectivity index (χ1n) is 22.6. The molecule has 0 saturated heterocycles. The standard InChI is InChI=1S/C52H64N2O8/c1-3-23-59-49-40-11-7-12-41(49)36-45-16-10-18-47-38-43-14-8-13-42(50(43)60-24-4-2)37-46-17-9-15-44(35-40)51(46)61-33-31-57-29-27-55-25-21-54(39-48-19-5-6-20-53-48)22-26-56-28-30-58-32-34-62-52(45)47/h5-20H,3-4,21-39H2,1-2H3. The second-order valence-electron chi connectivity index (χ2n) is 15.8. The van der Waals surface area contributed by atoms with Crippen LogP contribution in [0.25, 0.3) is 0 Å². The average molecular weight is 845 g/mol. The molecule has 8 rings (SSSR count). The minimum Gasteiger partial charge on any atom is -0.493 e. The molecule has 0 N–H and O–H groups in total. The van der Waals surface area contributed by atoms with Crippen LogP contribution < -0.4 is 18.9 Å². The molecule has 2 aliphatic heterocycles. The van der Waals surface area contributed by atoms with E-state index in [0.717, 1.165) is 106 Å². The lowest BCUT2D eigenvalue weighted by atomic mass is 9.91. The molecular weight excluding hydrogens is 781 g/mol. The average Bonchev–Trinajstić information content (AvgIpc) is 3.28. The molecule has 0 radical (unpaired) electrons. The van der Waals surface area contributed by atoms with Crippen LogP contribution in [0, 0.1) is 0 Å². The van der Waals surface area contributed by atoms with E-state index in [2.05, 4.69) is 103 Å². The van der Waals surface area contributed by atoms with Gasteiger partial charge in [0.2, 0.25) is 0 Å². The Morgan fingerprint density at radius 1 is 0.452 bits per heavy atom. The highest BCUT2D eigenvalue weighted by Gasteiger charge is 2.22. The van der Waals surface area contributed by atoms with E-state index in [0.29, 0.717) is 105 Å². The van der Waals surface area contributed by atoms with Gasteiger partial charge in [-0.3, -0.25) is 9.88 Å². The first-order valence-corrected chi connectivity index (χ1v) is 22.6. The number of benzene rings is 4. The van der Waals surface area contributed by atoms with Crippen molar-refractivity contribution in [3.8, 4) is 23.0 Å². The third kappa shape index (κ3) is 13.0. The summed E-state index contributed by atoms with van der Waals surface area (Å²) in [5.41, 5.74) is 9.89. The molecule has 1 aliphatic carbocycles. The second-order valence-corrected chi connectivity index (χ2v) is 15.8. The summed E-state index contributed by atoms with van der Waals surface area (Å²) in [6.45, 7) is 12.6. The van der Waals surface area contributed by atoms with E-state index in [1.54, 1.807) is 0 Å². The van der Waals surface area contributed by atoms with Gasteiger partial charge < -0.3 is 37.9 Å². The van der Waals surface area contributed by atoms with Gasteiger partial charge in [-0.1, -0.05) is 92.7 Å². The van der Waals surface area contributed by atoms with E-state index >= 15 is 0 Å². The molecule has 1 aromatic heterocycles. The van der Waals surface area contributed by atoms with Gasteiger partial charge in [-0.25, -0.2) is 0 Å². The van der Waals surface area contributed by atoms with Gasteiger partial charge in [0, 0.05) is 51.5 Å². The Labute approximate surface area is 368 Å². The second kappa shape index (κ2) is 24.6. The summed E-state index contributed by atoms with van der Waals surface area (Å²) < 4.78 is 51.0. The monoisotopic (exact) mass is 844 g/mol. The lowest BCUT2D eigenvalue weighted by Gasteiger charge is -2.23. The van der Waals surface area contributed by atoms with Gasteiger partial charge in [-0.2, -0.15) is 0 Å².